The molecular weight excluding hydrogens is 302 g/mol. The molecule has 114 valence electrons. The molecule has 0 atom stereocenters. The lowest BCUT2D eigenvalue weighted by atomic mass is 9.49. The fraction of sp³-hybridized carbons (Fsp3) is 0.706. The zero-order valence-corrected chi connectivity index (χ0v) is 14.1. The van der Waals surface area contributed by atoms with Gasteiger partial charge in [-0.25, -0.2) is 0 Å². The van der Waals surface area contributed by atoms with Crippen LogP contribution in [0.1, 0.15) is 43.4 Å². The Morgan fingerprint density at radius 3 is 2.29 bits per heavy atom. The van der Waals surface area contributed by atoms with Crippen molar-refractivity contribution in [3.05, 3.63) is 21.3 Å². The molecule has 4 fully saturated rings. The smallest absolute Gasteiger partial charge is 0.228 e. The number of halogens is 1. The molecule has 21 heavy (non-hydrogen) atoms. The van der Waals surface area contributed by atoms with Gasteiger partial charge in [0.15, 0.2) is 0 Å². The summed E-state index contributed by atoms with van der Waals surface area (Å²) in [4.78, 5) is 16.2. The summed E-state index contributed by atoms with van der Waals surface area (Å²) < 4.78 is 0.806. The van der Waals surface area contributed by atoms with E-state index in [9.17, 15) is 4.79 Å². The largest absolute Gasteiger partial charge is 0.340 e. The highest BCUT2D eigenvalue weighted by molar-refractivity contribution is 7.16. The molecule has 1 heterocycles. The fourth-order valence-corrected chi connectivity index (χ4v) is 6.66. The number of carbonyl (C=O) groups excluding carboxylic acids is 1. The Bertz CT molecular complexity index is 532. The lowest BCUT2D eigenvalue weighted by Gasteiger charge is -2.56. The molecule has 1 aromatic rings. The van der Waals surface area contributed by atoms with Crippen LogP contribution >= 0.6 is 22.9 Å². The van der Waals surface area contributed by atoms with Gasteiger partial charge >= 0.3 is 0 Å². The third-order valence-electron chi connectivity index (χ3n) is 5.86. The van der Waals surface area contributed by atoms with E-state index < -0.39 is 0 Å². The molecule has 4 aliphatic rings. The van der Waals surface area contributed by atoms with Gasteiger partial charge in [-0.05, 0) is 68.4 Å². The van der Waals surface area contributed by atoms with E-state index in [1.54, 1.807) is 11.3 Å². The van der Waals surface area contributed by atoms with Gasteiger partial charge in [-0.2, -0.15) is 0 Å². The van der Waals surface area contributed by atoms with E-state index in [4.69, 9.17) is 11.6 Å². The number of amides is 1. The Balaban J connectivity index is 1.51. The van der Waals surface area contributed by atoms with Crippen LogP contribution in [0.25, 0.3) is 0 Å². The highest BCUT2D eigenvalue weighted by Crippen LogP contribution is 2.60. The normalized spacial score (nSPS) is 37.0. The standard InChI is InChI=1S/C17H22ClNOS/c1-19(10-14-2-3-15(18)21-14)16(20)17-7-11-4-12(8-17)6-13(5-11)9-17/h2-3,11-13H,4-10H2,1H3. The van der Waals surface area contributed by atoms with Crippen molar-refractivity contribution in [2.24, 2.45) is 23.2 Å². The average Bonchev–Trinajstić information content (AvgIpc) is 2.81. The molecule has 4 aliphatic carbocycles. The van der Waals surface area contributed by atoms with Gasteiger partial charge in [-0.15, -0.1) is 11.3 Å². The third kappa shape index (κ3) is 2.43. The molecule has 0 unspecified atom stereocenters. The number of hydrogen-bond acceptors (Lipinski definition) is 2. The van der Waals surface area contributed by atoms with Crippen LogP contribution in [-0.4, -0.2) is 17.9 Å². The highest BCUT2D eigenvalue weighted by atomic mass is 35.5. The van der Waals surface area contributed by atoms with Crippen LogP contribution in [0, 0.1) is 23.2 Å². The van der Waals surface area contributed by atoms with E-state index in [0.717, 1.165) is 41.4 Å². The zero-order valence-electron chi connectivity index (χ0n) is 12.5. The Morgan fingerprint density at radius 2 is 1.81 bits per heavy atom. The first-order valence-corrected chi connectivity index (χ1v) is 9.23. The molecular formula is C17H22ClNOS. The Labute approximate surface area is 135 Å². The zero-order chi connectivity index (χ0) is 14.6. The maximum Gasteiger partial charge on any atom is 0.228 e. The van der Waals surface area contributed by atoms with Crippen molar-refractivity contribution in [3.63, 3.8) is 0 Å². The molecule has 1 aromatic heterocycles. The minimum atomic E-state index is -0.0233. The fourth-order valence-electron chi connectivity index (χ4n) is 5.52. The molecule has 2 nitrogen and oxygen atoms in total. The predicted molar refractivity (Wildman–Crippen MR) is 86.4 cm³/mol. The van der Waals surface area contributed by atoms with Crippen molar-refractivity contribution < 1.29 is 4.79 Å². The van der Waals surface area contributed by atoms with Gasteiger partial charge in [-0.3, -0.25) is 4.79 Å². The second-order valence-electron chi connectivity index (χ2n) is 7.56. The number of thiophene rings is 1. The first-order valence-electron chi connectivity index (χ1n) is 8.04. The summed E-state index contributed by atoms with van der Waals surface area (Å²) in [7, 11) is 1.97. The van der Waals surface area contributed by atoms with Gasteiger partial charge in [0.1, 0.15) is 0 Å². The summed E-state index contributed by atoms with van der Waals surface area (Å²) in [6.07, 6.45) is 7.60. The van der Waals surface area contributed by atoms with Gasteiger partial charge in [0.05, 0.1) is 16.3 Å². The third-order valence-corrected chi connectivity index (χ3v) is 7.08. The monoisotopic (exact) mass is 323 g/mol. The number of nitrogens with zero attached hydrogens (tertiary/aromatic N) is 1. The van der Waals surface area contributed by atoms with Gasteiger partial charge in [0.25, 0.3) is 0 Å². The van der Waals surface area contributed by atoms with E-state index in [-0.39, 0.29) is 5.41 Å². The second-order valence-corrected chi connectivity index (χ2v) is 9.36. The van der Waals surface area contributed by atoms with Crippen molar-refractivity contribution in [1.82, 2.24) is 4.90 Å². The van der Waals surface area contributed by atoms with Crippen molar-refractivity contribution >= 4 is 28.8 Å². The van der Waals surface area contributed by atoms with Crippen LogP contribution < -0.4 is 0 Å². The summed E-state index contributed by atoms with van der Waals surface area (Å²) in [6, 6.07) is 3.96. The number of carbonyl (C=O) groups is 1. The van der Waals surface area contributed by atoms with Crippen LogP contribution in [0.5, 0.6) is 0 Å². The van der Waals surface area contributed by atoms with Crippen molar-refractivity contribution in [1.29, 1.82) is 0 Å². The molecule has 0 aromatic carbocycles. The first kappa shape index (κ1) is 14.1. The van der Waals surface area contributed by atoms with Crippen LogP contribution in [0.15, 0.2) is 12.1 Å². The molecule has 4 heteroatoms. The maximum atomic E-state index is 13.1. The maximum absolute atomic E-state index is 13.1. The van der Waals surface area contributed by atoms with Crippen LogP contribution in [-0.2, 0) is 11.3 Å². The molecule has 0 radical (unpaired) electrons. The average molecular weight is 324 g/mol. The molecule has 5 rings (SSSR count). The lowest BCUT2D eigenvalue weighted by Crippen LogP contribution is -2.53. The van der Waals surface area contributed by atoms with Crippen molar-refractivity contribution in [2.75, 3.05) is 7.05 Å². The van der Waals surface area contributed by atoms with E-state index in [2.05, 4.69) is 0 Å². The lowest BCUT2D eigenvalue weighted by molar-refractivity contribution is -0.156. The quantitative estimate of drug-likeness (QED) is 0.797. The summed E-state index contributed by atoms with van der Waals surface area (Å²) in [5.74, 6) is 2.87. The highest BCUT2D eigenvalue weighted by Gasteiger charge is 2.55. The molecule has 0 saturated heterocycles. The minimum Gasteiger partial charge on any atom is -0.340 e. The van der Waals surface area contributed by atoms with Gasteiger partial charge in [0.2, 0.25) is 5.91 Å². The van der Waals surface area contributed by atoms with Crippen LogP contribution in [0.2, 0.25) is 4.34 Å². The molecule has 0 spiro atoms. The second kappa shape index (κ2) is 4.99. The Kier molecular flexibility index (Phi) is 3.34. The van der Waals surface area contributed by atoms with Crippen molar-refractivity contribution in [3.8, 4) is 0 Å². The van der Waals surface area contributed by atoms with E-state index in [0.29, 0.717) is 12.5 Å². The Morgan fingerprint density at radius 1 is 1.24 bits per heavy atom. The summed E-state index contributed by atoms with van der Waals surface area (Å²) in [5, 5.41) is 0. The van der Waals surface area contributed by atoms with Gasteiger partial charge < -0.3 is 4.90 Å². The van der Waals surface area contributed by atoms with Gasteiger partial charge in [-0.1, -0.05) is 11.6 Å². The molecule has 4 saturated carbocycles. The molecule has 4 bridgehead atoms. The number of hydrogen-bond donors (Lipinski definition) is 0. The van der Waals surface area contributed by atoms with Crippen LogP contribution in [0.4, 0.5) is 0 Å². The number of rotatable bonds is 3. The van der Waals surface area contributed by atoms with E-state index in [1.807, 2.05) is 24.1 Å². The summed E-state index contributed by atoms with van der Waals surface area (Å²) in [6.45, 7) is 0.706. The first-order chi connectivity index (χ1) is 10.0. The summed E-state index contributed by atoms with van der Waals surface area (Å²) in [5.41, 5.74) is -0.0233. The van der Waals surface area contributed by atoms with Crippen LogP contribution in [0.3, 0.4) is 0 Å². The topological polar surface area (TPSA) is 20.3 Å². The van der Waals surface area contributed by atoms with Crippen molar-refractivity contribution in [2.45, 2.75) is 45.1 Å². The predicted octanol–water partition coefficient (Wildman–Crippen LogP) is 4.58. The minimum absolute atomic E-state index is 0.0233. The molecule has 0 aliphatic heterocycles. The van der Waals surface area contributed by atoms with E-state index >= 15 is 0 Å². The Hall–Kier alpha value is -0.540. The molecule has 1 amide bonds. The molecule has 0 N–H and O–H groups in total. The van der Waals surface area contributed by atoms with Gasteiger partial charge in [0, 0.05) is 11.9 Å². The summed E-state index contributed by atoms with van der Waals surface area (Å²) >= 11 is 7.58. The SMILES string of the molecule is CN(Cc1ccc(Cl)s1)C(=O)C12CC3CC(CC(C3)C1)C2. The van der Waals surface area contributed by atoms with E-state index in [1.165, 1.54) is 24.1 Å².